The highest BCUT2D eigenvalue weighted by atomic mass is 32.2. The molecule has 0 aromatic heterocycles. The highest BCUT2D eigenvalue weighted by molar-refractivity contribution is 7.89. The summed E-state index contributed by atoms with van der Waals surface area (Å²) >= 11 is 0. The lowest BCUT2D eigenvalue weighted by Crippen LogP contribution is -2.26. The number of hydrogen-bond acceptors (Lipinski definition) is 4. The normalized spacial score (nSPS) is 12.2. The molecule has 0 spiro atoms. The molecule has 0 bridgehead atoms. The fraction of sp³-hybridized carbons (Fsp3) is 0.240. The van der Waals surface area contributed by atoms with Crippen LogP contribution >= 0.6 is 0 Å². The van der Waals surface area contributed by atoms with Crippen molar-refractivity contribution in [3.05, 3.63) is 90.0 Å². The van der Waals surface area contributed by atoms with Crippen LogP contribution in [0.25, 0.3) is 0 Å². The van der Waals surface area contributed by atoms with E-state index in [-0.39, 0.29) is 23.3 Å². The predicted octanol–water partition coefficient (Wildman–Crippen LogP) is 4.70. The minimum absolute atomic E-state index is 0.132. The number of ether oxygens (including phenoxy) is 1. The molecular weight excluding hydrogens is 424 g/mol. The van der Waals surface area contributed by atoms with Crippen molar-refractivity contribution in [1.29, 1.82) is 0 Å². The zero-order valence-electron chi connectivity index (χ0n) is 18.2. The van der Waals surface area contributed by atoms with Crippen molar-refractivity contribution in [3.8, 4) is 5.75 Å². The zero-order chi connectivity index (χ0) is 23.0. The van der Waals surface area contributed by atoms with Gasteiger partial charge < -0.3 is 10.1 Å². The van der Waals surface area contributed by atoms with Crippen LogP contribution in [0, 0.1) is 0 Å². The van der Waals surface area contributed by atoms with Crippen LogP contribution in [0.3, 0.4) is 0 Å². The zero-order valence-corrected chi connectivity index (χ0v) is 19.1. The van der Waals surface area contributed by atoms with Gasteiger partial charge >= 0.3 is 0 Å². The maximum absolute atomic E-state index is 12.7. The minimum atomic E-state index is -3.65. The Hall–Kier alpha value is -3.16. The van der Waals surface area contributed by atoms with Gasteiger partial charge in [0.1, 0.15) is 5.75 Å². The minimum Gasteiger partial charge on any atom is -0.492 e. The summed E-state index contributed by atoms with van der Waals surface area (Å²) in [6.07, 6.45) is 0.770. The van der Waals surface area contributed by atoms with Crippen LogP contribution in [0.1, 0.15) is 37.4 Å². The molecule has 168 valence electrons. The van der Waals surface area contributed by atoms with E-state index in [0.29, 0.717) is 24.5 Å². The van der Waals surface area contributed by atoms with Crippen molar-refractivity contribution in [3.63, 3.8) is 0 Å². The Kier molecular flexibility index (Phi) is 8.03. The molecule has 7 heteroatoms. The fourth-order valence-corrected chi connectivity index (χ4v) is 4.50. The summed E-state index contributed by atoms with van der Waals surface area (Å²) in [5.41, 5.74) is 2.41. The highest BCUT2D eigenvalue weighted by Crippen LogP contribution is 2.24. The summed E-state index contributed by atoms with van der Waals surface area (Å²) in [7, 11) is -3.65. The third-order valence-electron chi connectivity index (χ3n) is 4.97. The van der Waals surface area contributed by atoms with E-state index in [1.165, 1.54) is 0 Å². The molecule has 2 N–H and O–H groups in total. The number of sulfonamides is 1. The lowest BCUT2D eigenvalue weighted by atomic mass is 10.1. The van der Waals surface area contributed by atoms with Crippen LogP contribution in [-0.2, 0) is 21.2 Å². The molecule has 0 aliphatic heterocycles. The summed E-state index contributed by atoms with van der Waals surface area (Å²) < 4.78 is 33.6. The Bertz CT molecular complexity index is 1130. The maximum atomic E-state index is 12.7. The second-order valence-electron chi connectivity index (χ2n) is 7.37. The molecule has 0 aliphatic carbocycles. The lowest BCUT2D eigenvalue weighted by molar-refractivity contribution is -0.116. The van der Waals surface area contributed by atoms with E-state index in [4.69, 9.17) is 4.74 Å². The molecule has 3 rings (SSSR count). The topological polar surface area (TPSA) is 84.5 Å². The second kappa shape index (κ2) is 10.9. The SMILES string of the molecule is CCOc1ccccc1NC(=O)CCc1ccc(S(=O)(=O)N[C@@H](C)c2ccccc2)cc1. The molecule has 0 radical (unpaired) electrons. The van der Waals surface area contributed by atoms with Crippen molar-refractivity contribution in [2.75, 3.05) is 11.9 Å². The monoisotopic (exact) mass is 452 g/mol. The van der Waals surface area contributed by atoms with Crippen molar-refractivity contribution in [2.45, 2.75) is 37.6 Å². The first-order valence-electron chi connectivity index (χ1n) is 10.6. The second-order valence-corrected chi connectivity index (χ2v) is 9.09. The number of anilines is 1. The number of amides is 1. The highest BCUT2D eigenvalue weighted by Gasteiger charge is 2.18. The Morgan fingerprint density at radius 3 is 2.28 bits per heavy atom. The van der Waals surface area contributed by atoms with Crippen molar-refractivity contribution < 1.29 is 17.9 Å². The number of nitrogens with one attached hydrogen (secondary N) is 2. The summed E-state index contributed by atoms with van der Waals surface area (Å²) in [6.45, 7) is 4.21. The molecular formula is C25H28N2O4S. The van der Waals surface area contributed by atoms with Crippen molar-refractivity contribution in [1.82, 2.24) is 4.72 Å². The summed E-state index contributed by atoms with van der Waals surface area (Å²) in [5.74, 6) is 0.502. The van der Waals surface area contributed by atoms with Gasteiger partial charge in [0.05, 0.1) is 17.2 Å². The lowest BCUT2D eigenvalue weighted by Gasteiger charge is -2.15. The van der Waals surface area contributed by atoms with Crippen LogP contribution in [0.5, 0.6) is 5.75 Å². The summed E-state index contributed by atoms with van der Waals surface area (Å²) in [4.78, 5) is 12.5. The predicted molar refractivity (Wildman–Crippen MR) is 126 cm³/mol. The summed E-state index contributed by atoms with van der Waals surface area (Å²) in [5, 5.41) is 2.87. The van der Waals surface area contributed by atoms with Gasteiger partial charge in [-0.25, -0.2) is 13.1 Å². The average molecular weight is 453 g/mol. The van der Waals surface area contributed by atoms with E-state index in [1.807, 2.05) is 62.4 Å². The van der Waals surface area contributed by atoms with Gasteiger partial charge in [-0.3, -0.25) is 4.79 Å². The van der Waals surface area contributed by atoms with E-state index in [0.717, 1.165) is 11.1 Å². The average Bonchev–Trinajstić information content (AvgIpc) is 2.80. The molecule has 0 saturated carbocycles. The number of rotatable bonds is 10. The quantitative estimate of drug-likeness (QED) is 0.467. The molecule has 0 fully saturated rings. The molecule has 32 heavy (non-hydrogen) atoms. The third kappa shape index (κ3) is 6.42. The van der Waals surface area contributed by atoms with Crippen LogP contribution in [0.4, 0.5) is 5.69 Å². The molecule has 6 nitrogen and oxygen atoms in total. The first kappa shape index (κ1) is 23.5. The smallest absolute Gasteiger partial charge is 0.241 e. The molecule has 0 heterocycles. The van der Waals surface area contributed by atoms with Crippen LogP contribution in [-0.4, -0.2) is 20.9 Å². The Labute approximate surface area is 189 Å². The Morgan fingerprint density at radius 1 is 0.938 bits per heavy atom. The number of carbonyl (C=O) groups excluding carboxylic acids is 1. The molecule has 1 atom stereocenters. The van der Waals surface area contributed by atoms with Crippen LogP contribution in [0.2, 0.25) is 0 Å². The van der Waals surface area contributed by atoms with Gasteiger partial charge in [-0.2, -0.15) is 0 Å². The Morgan fingerprint density at radius 2 is 1.59 bits per heavy atom. The van der Waals surface area contributed by atoms with Gasteiger partial charge in [0.25, 0.3) is 0 Å². The molecule has 1 amide bonds. The van der Waals surface area contributed by atoms with Gasteiger partial charge in [0.2, 0.25) is 15.9 Å². The molecule has 0 saturated heterocycles. The third-order valence-corrected chi connectivity index (χ3v) is 6.52. The maximum Gasteiger partial charge on any atom is 0.241 e. The van der Waals surface area contributed by atoms with E-state index in [9.17, 15) is 13.2 Å². The van der Waals surface area contributed by atoms with E-state index < -0.39 is 10.0 Å². The van der Waals surface area contributed by atoms with Crippen molar-refractivity contribution >= 4 is 21.6 Å². The number of benzene rings is 3. The molecule has 3 aromatic carbocycles. The number of carbonyl (C=O) groups is 1. The molecule has 0 aliphatic rings. The van der Waals surface area contributed by atoms with Crippen LogP contribution in [0.15, 0.2) is 83.8 Å². The fourth-order valence-electron chi connectivity index (χ4n) is 3.27. The van der Waals surface area contributed by atoms with E-state index in [1.54, 1.807) is 30.3 Å². The van der Waals surface area contributed by atoms with Gasteiger partial charge in [-0.15, -0.1) is 0 Å². The number of para-hydroxylation sites is 2. The molecule has 0 unspecified atom stereocenters. The number of aryl methyl sites for hydroxylation is 1. The van der Waals surface area contributed by atoms with Gasteiger partial charge in [0.15, 0.2) is 0 Å². The molecule has 3 aromatic rings. The van der Waals surface area contributed by atoms with Crippen LogP contribution < -0.4 is 14.8 Å². The number of hydrogen-bond donors (Lipinski definition) is 2. The first-order chi connectivity index (χ1) is 15.4. The Balaban J connectivity index is 1.57. The first-order valence-corrected chi connectivity index (χ1v) is 12.0. The summed E-state index contributed by atoms with van der Waals surface area (Å²) in [6, 6.07) is 23.0. The van der Waals surface area contributed by atoms with Gasteiger partial charge in [0, 0.05) is 12.5 Å². The van der Waals surface area contributed by atoms with Crippen molar-refractivity contribution in [2.24, 2.45) is 0 Å². The van der Waals surface area contributed by atoms with Gasteiger partial charge in [-0.05, 0) is 55.7 Å². The van der Waals surface area contributed by atoms with Gasteiger partial charge in [-0.1, -0.05) is 54.6 Å². The van der Waals surface area contributed by atoms with E-state index >= 15 is 0 Å². The largest absolute Gasteiger partial charge is 0.492 e. The van der Waals surface area contributed by atoms with E-state index in [2.05, 4.69) is 10.0 Å². The standard InChI is InChI=1S/C25H28N2O4S/c1-3-31-24-12-8-7-11-23(24)26-25(28)18-15-20-13-16-22(17-14-20)32(29,30)27-19(2)21-9-5-4-6-10-21/h4-14,16-17,19,27H,3,15,18H2,1-2H3,(H,26,28)/t19-/m0/s1.